The number of piperidine rings is 1. The molecule has 0 unspecified atom stereocenters. The van der Waals surface area contributed by atoms with Gasteiger partial charge in [0.2, 0.25) is 5.91 Å². The Morgan fingerprint density at radius 3 is 2.42 bits per heavy atom. The molecule has 24 heavy (non-hydrogen) atoms. The highest BCUT2D eigenvalue weighted by atomic mass is 16.2. The summed E-state index contributed by atoms with van der Waals surface area (Å²) in [5.74, 6) is -0.243. The summed E-state index contributed by atoms with van der Waals surface area (Å²) < 4.78 is 0. The fourth-order valence-electron chi connectivity index (χ4n) is 2.70. The van der Waals surface area contributed by atoms with Crippen molar-refractivity contribution in [3.8, 4) is 0 Å². The van der Waals surface area contributed by atoms with Gasteiger partial charge in [0.05, 0.1) is 11.3 Å². The Labute approximate surface area is 144 Å². The highest BCUT2D eigenvalue weighted by Gasteiger charge is 2.28. The minimum absolute atomic E-state index is 0.104. The molecule has 1 aromatic rings. The molecule has 1 heterocycles. The van der Waals surface area contributed by atoms with Crippen molar-refractivity contribution in [1.29, 1.82) is 0 Å². The fraction of sp³-hybridized carbons (Fsp3) is 0.579. The molecular weight excluding hydrogens is 302 g/mol. The fourth-order valence-corrected chi connectivity index (χ4v) is 2.70. The van der Waals surface area contributed by atoms with Gasteiger partial charge >= 0.3 is 0 Å². The molecule has 2 amide bonds. The van der Waals surface area contributed by atoms with Gasteiger partial charge in [0, 0.05) is 12.0 Å². The van der Waals surface area contributed by atoms with Crippen LogP contribution in [0.25, 0.3) is 0 Å². The summed E-state index contributed by atoms with van der Waals surface area (Å²) in [4.78, 5) is 24.8. The van der Waals surface area contributed by atoms with Crippen LogP contribution in [0.4, 0.5) is 5.69 Å². The lowest BCUT2D eigenvalue weighted by Crippen LogP contribution is -2.43. The number of amides is 2. The van der Waals surface area contributed by atoms with E-state index in [9.17, 15) is 9.59 Å². The first kappa shape index (κ1) is 18.5. The molecule has 0 aliphatic carbocycles. The maximum absolute atomic E-state index is 12.6. The first-order valence-corrected chi connectivity index (χ1v) is 8.61. The number of hydrogen-bond acceptors (Lipinski definition) is 3. The third kappa shape index (κ3) is 4.81. The van der Waals surface area contributed by atoms with Crippen molar-refractivity contribution in [3.05, 3.63) is 29.8 Å². The smallest absolute Gasteiger partial charge is 0.253 e. The Balaban J connectivity index is 2.05. The largest absolute Gasteiger partial charge is 0.351 e. The first-order chi connectivity index (χ1) is 11.2. The van der Waals surface area contributed by atoms with E-state index in [1.807, 2.05) is 32.9 Å². The molecule has 5 nitrogen and oxygen atoms in total. The van der Waals surface area contributed by atoms with E-state index in [4.69, 9.17) is 0 Å². The molecule has 0 aromatic heterocycles. The summed E-state index contributed by atoms with van der Waals surface area (Å²) in [7, 11) is 0. The summed E-state index contributed by atoms with van der Waals surface area (Å²) >= 11 is 0. The monoisotopic (exact) mass is 331 g/mol. The highest BCUT2D eigenvalue weighted by molar-refractivity contribution is 6.04. The number of para-hydroxylation sites is 1. The number of hydrogen-bond donors (Lipinski definition) is 3. The van der Waals surface area contributed by atoms with E-state index >= 15 is 0 Å². The van der Waals surface area contributed by atoms with Gasteiger partial charge in [-0.05, 0) is 43.5 Å². The van der Waals surface area contributed by atoms with E-state index in [1.165, 1.54) is 0 Å². The van der Waals surface area contributed by atoms with Gasteiger partial charge in [0.15, 0.2) is 0 Å². The number of anilines is 1. The Morgan fingerprint density at radius 2 is 1.79 bits per heavy atom. The van der Waals surface area contributed by atoms with Crippen LogP contribution in [0.2, 0.25) is 0 Å². The first-order valence-electron chi connectivity index (χ1n) is 8.61. The Hall–Kier alpha value is -1.88. The summed E-state index contributed by atoms with van der Waals surface area (Å²) in [6, 6.07) is 7.15. The van der Waals surface area contributed by atoms with Crippen LogP contribution in [-0.2, 0) is 4.79 Å². The van der Waals surface area contributed by atoms with Crippen molar-refractivity contribution >= 4 is 17.5 Å². The second-order valence-corrected chi connectivity index (χ2v) is 7.99. The van der Waals surface area contributed by atoms with E-state index in [0.29, 0.717) is 17.8 Å². The van der Waals surface area contributed by atoms with E-state index in [0.717, 1.165) is 25.9 Å². The molecule has 5 heteroatoms. The summed E-state index contributed by atoms with van der Waals surface area (Å²) in [6.07, 6.45) is 2.10. The summed E-state index contributed by atoms with van der Waals surface area (Å²) in [5.41, 5.74) is 0.689. The molecule has 1 aromatic carbocycles. The second-order valence-electron chi connectivity index (χ2n) is 7.99. The van der Waals surface area contributed by atoms with Crippen molar-refractivity contribution in [3.63, 3.8) is 0 Å². The van der Waals surface area contributed by atoms with E-state index in [-0.39, 0.29) is 17.2 Å². The summed E-state index contributed by atoms with van der Waals surface area (Å²) in [6.45, 7) is 10.4. The van der Waals surface area contributed by atoms with Crippen LogP contribution in [0.3, 0.4) is 0 Å². The van der Waals surface area contributed by atoms with Crippen LogP contribution in [0.1, 0.15) is 50.9 Å². The maximum Gasteiger partial charge on any atom is 0.253 e. The van der Waals surface area contributed by atoms with Gasteiger partial charge in [-0.1, -0.05) is 39.8 Å². The van der Waals surface area contributed by atoms with Gasteiger partial charge in [-0.25, -0.2) is 0 Å². The normalized spacial score (nSPS) is 17.2. The molecular formula is C19H29N3O2. The Kier molecular flexibility index (Phi) is 5.65. The van der Waals surface area contributed by atoms with Gasteiger partial charge in [0.25, 0.3) is 5.91 Å². The number of carbonyl (C=O) groups excluding carboxylic acids is 2. The van der Waals surface area contributed by atoms with Gasteiger partial charge in [-0.2, -0.15) is 0 Å². The van der Waals surface area contributed by atoms with Crippen LogP contribution in [0.5, 0.6) is 0 Å². The molecule has 1 saturated heterocycles. The van der Waals surface area contributed by atoms with E-state index < -0.39 is 5.41 Å². The molecule has 0 radical (unpaired) electrons. The summed E-state index contributed by atoms with van der Waals surface area (Å²) in [5, 5.41) is 9.26. The minimum atomic E-state index is -0.508. The van der Waals surface area contributed by atoms with E-state index in [2.05, 4.69) is 22.9 Å². The predicted octanol–water partition coefficient (Wildman–Crippen LogP) is 2.79. The van der Waals surface area contributed by atoms with Gasteiger partial charge < -0.3 is 16.0 Å². The van der Waals surface area contributed by atoms with E-state index in [1.54, 1.807) is 12.1 Å². The number of carbonyl (C=O) groups is 2. The van der Waals surface area contributed by atoms with Crippen molar-refractivity contribution in [2.75, 3.05) is 25.0 Å². The SMILES string of the molecule is CC1(CNC(=O)c2ccccc2NC(=O)C(C)(C)C)CCNCC1. The number of rotatable bonds is 4. The zero-order valence-electron chi connectivity index (χ0n) is 15.2. The zero-order chi connectivity index (χ0) is 17.8. The quantitative estimate of drug-likeness (QED) is 0.794. The molecule has 1 fully saturated rings. The molecule has 0 bridgehead atoms. The van der Waals surface area contributed by atoms with Crippen LogP contribution in [-0.4, -0.2) is 31.4 Å². The Morgan fingerprint density at radius 1 is 1.17 bits per heavy atom. The molecule has 2 rings (SSSR count). The lowest BCUT2D eigenvalue weighted by molar-refractivity contribution is -0.123. The topological polar surface area (TPSA) is 70.2 Å². The van der Waals surface area contributed by atoms with Crippen molar-refractivity contribution in [1.82, 2.24) is 10.6 Å². The molecule has 1 aliphatic rings. The molecule has 0 spiro atoms. The molecule has 0 atom stereocenters. The minimum Gasteiger partial charge on any atom is -0.351 e. The second kappa shape index (κ2) is 7.34. The third-order valence-corrected chi connectivity index (χ3v) is 4.59. The highest BCUT2D eigenvalue weighted by Crippen LogP contribution is 2.27. The standard InChI is InChI=1S/C19H29N3O2/c1-18(2,3)17(24)22-15-8-6-5-7-14(15)16(23)21-13-19(4)9-11-20-12-10-19/h5-8,20H,9-13H2,1-4H3,(H,21,23)(H,22,24). The van der Waals surface area contributed by atoms with Crippen molar-refractivity contribution < 1.29 is 9.59 Å². The maximum atomic E-state index is 12.6. The van der Waals surface area contributed by atoms with Crippen LogP contribution >= 0.6 is 0 Å². The van der Waals surface area contributed by atoms with Crippen LogP contribution < -0.4 is 16.0 Å². The zero-order valence-corrected chi connectivity index (χ0v) is 15.2. The van der Waals surface area contributed by atoms with Crippen LogP contribution in [0.15, 0.2) is 24.3 Å². The predicted molar refractivity (Wildman–Crippen MR) is 97.1 cm³/mol. The average Bonchev–Trinajstić information content (AvgIpc) is 2.53. The van der Waals surface area contributed by atoms with Gasteiger partial charge in [-0.15, -0.1) is 0 Å². The molecule has 0 saturated carbocycles. The van der Waals surface area contributed by atoms with Crippen LogP contribution in [0, 0.1) is 10.8 Å². The van der Waals surface area contributed by atoms with Crippen molar-refractivity contribution in [2.24, 2.45) is 10.8 Å². The molecule has 132 valence electrons. The molecule has 3 N–H and O–H groups in total. The lowest BCUT2D eigenvalue weighted by Gasteiger charge is -2.34. The third-order valence-electron chi connectivity index (χ3n) is 4.59. The average molecular weight is 331 g/mol. The number of benzene rings is 1. The van der Waals surface area contributed by atoms with Crippen molar-refractivity contribution in [2.45, 2.75) is 40.5 Å². The van der Waals surface area contributed by atoms with Gasteiger partial charge in [-0.3, -0.25) is 9.59 Å². The lowest BCUT2D eigenvalue weighted by atomic mass is 9.81. The molecule has 1 aliphatic heterocycles. The van der Waals surface area contributed by atoms with Gasteiger partial charge in [0.1, 0.15) is 0 Å². The number of nitrogens with one attached hydrogen (secondary N) is 3. The Bertz CT molecular complexity index is 599.